The van der Waals surface area contributed by atoms with Crippen LogP contribution in [0.25, 0.3) is 0 Å². The predicted molar refractivity (Wildman–Crippen MR) is 65.2 cm³/mol. The summed E-state index contributed by atoms with van der Waals surface area (Å²) in [4.78, 5) is 0. The highest BCUT2D eigenvalue weighted by Crippen LogP contribution is 2.19. The second kappa shape index (κ2) is 5.85. The van der Waals surface area contributed by atoms with Gasteiger partial charge in [0.05, 0.1) is 7.11 Å². The quantitative estimate of drug-likeness (QED) is 0.290. The third kappa shape index (κ3) is 3.68. The topological polar surface area (TPSA) is 85.7 Å². The molecule has 0 aliphatic rings. The zero-order valence-electron chi connectivity index (χ0n) is 9.66. The number of aryl methyl sites for hydroxylation is 1. The first-order valence-electron chi connectivity index (χ1n) is 5.08. The number of guanidine groups is 1. The Morgan fingerprint density at radius 1 is 1.44 bits per heavy atom. The molecular formula is C11H18N4O. The van der Waals surface area contributed by atoms with Crippen LogP contribution < -0.4 is 21.6 Å². The summed E-state index contributed by atoms with van der Waals surface area (Å²) in [6.07, 6.45) is 0.807. The first-order chi connectivity index (χ1) is 7.63. The summed E-state index contributed by atoms with van der Waals surface area (Å²) in [5.41, 5.74) is 15.5. The van der Waals surface area contributed by atoms with E-state index in [9.17, 15) is 0 Å². The van der Waals surface area contributed by atoms with Crippen LogP contribution in [0.15, 0.2) is 23.3 Å². The molecule has 1 aromatic rings. The van der Waals surface area contributed by atoms with Crippen molar-refractivity contribution in [2.45, 2.75) is 13.3 Å². The molecule has 0 fully saturated rings. The summed E-state index contributed by atoms with van der Waals surface area (Å²) in [7, 11) is 1.66. The minimum Gasteiger partial charge on any atom is -0.496 e. The van der Waals surface area contributed by atoms with Gasteiger partial charge in [-0.2, -0.15) is 0 Å². The summed E-state index contributed by atoms with van der Waals surface area (Å²) in [6.45, 7) is 2.71. The first kappa shape index (κ1) is 12.2. The lowest BCUT2D eigenvalue weighted by Gasteiger charge is -2.09. The van der Waals surface area contributed by atoms with Crippen molar-refractivity contribution in [1.29, 1.82) is 0 Å². The van der Waals surface area contributed by atoms with Crippen LogP contribution in [0.2, 0.25) is 0 Å². The molecular weight excluding hydrogens is 204 g/mol. The normalized spacial score (nSPS) is 9.62. The van der Waals surface area contributed by atoms with E-state index in [-0.39, 0.29) is 5.96 Å². The van der Waals surface area contributed by atoms with Gasteiger partial charge in [0.15, 0.2) is 0 Å². The molecule has 0 aliphatic carbocycles. The maximum absolute atomic E-state index is 5.27. The van der Waals surface area contributed by atoms with Crippen LogP contribution >= 0.6 is 0 Å². The molecule has 5 N–H and O–H groups in total. The van der Waals surface area contributed by atoms with Crippen LogP contribution in [0, 0.1) is 6.92 Å². The summed E-state index contributed by atoms with van der Waals surface area (Å²) in [5, 5.41) is 3.70. The Balaban J connectivity index is 2.58. The molecule has 88 valence electrons. The molecule has 0 heterocycles. The smallest absolute Gasteiger partial charge is 0.208 e. The highest BCUT2D eigenvalue weighted by atomic mass is 16.5. The standard InChI is InChI=1S/C11H18N4O/c1-8-3-4-10(16-2)9(7-8)5-6-14-15-11(12)13/h3-4,7,14H,5-6H2,1-2H3,(H4,12,13,15). The van der Waals surface area contributed by atoms with Crippen molar-refractivity contribution in [3.63, 3.8) is 0 Å². The summed E-state index contributed by atoms with van der Waals surface area (Å²) < 4.78 is 5.27. The van der Waals surface area contributed by atoms with Crippen molar-refractivity contribution in [3.05, 3.63) is 29.3 Å². The van der Waals surface area contributed by atoms with Gasteiger partial charge >= 0.3 is 0 Å². The number of methoxy groups -OCH3 is 1. The fourth-order valence-electron chi connectivity index (χ4n) is 1.44. The lowest BCUT2D eigenvalue weighted by molar-refractivity contribution is 0.409. The van der Waals surface area contributed by atoms with E-state index in [0.717, 1.165) is 17.7 Å². The Labute approximate surface area is 95.5 Å². The number of rotatable bonds is 5. The van der Waals surface area contributed by atoms with E-state index in [1.165, 1.54) is 5.56 Å². The van der Waals surface area contributed by atoms with E-state index < -0.39 is 0 Å². The minimum absolute atomic E-state index is 0.0382. The highest BCUT2D eigenvalue weighted by Gasteiger charge is 2.02. The molecule has 1 rings (SSSR count). The molecule has 0 spiro atoms. The largest absolute Gasteiger partial charge is 0.496 e. The molecule has 0 amide bonds. The third-order valence-electron chi connectivity index (χ3n) is 2.15. The van der Waals surface area contributed by atoms with Gasteiger partial charge in [0.2, 0.25) is 5.96 Å². The van der Waals surface area contributed by atoms with Crippen LogP contribution in [0.4, 0.5) is 0 Å². The minimum atomic E-state index is 0.0382. The number of hydrazone groups is 1. The van der Waals surface area contributed by atoms with Crippen LogP contribution in [-0.2, 0) is 6.42 Å². The van der Waals surface area contributed by atoms with Crippen molar-refractivity contribution >= 4 is 5.96 Å². The second-order valence-electron chi connectivity index (χ2n) is 3.51. The summed E-state index contributed by atoms with van der Waals surface area (Å²) >= 11 is 0. The van der Waals surface area contributed by atoms with Crippen LogP contribution in [0.1, 0.15) is 11.1 Å². The molecule has 0 aliphatic heterocycles. The molecule has 0 saturated heterocycles. The Morgan fingerprint density at radius 2 is 2.19 bits per heavy atom. The van der Waals surface area contributed by atoms with Crippen molar-refractivity contribution < 1.29 is 4.74 Å². The second-order valence-corrected chi connectivity index (χ2v) is 3.51. The number of nitrogens with two attached hydrogens (primary N) is 2. The van der Waals surface area contributed by atoms with E-state index in [2.05, 4.69) is 16.6 Å². The van der Waals surface area contributed by atoms with Gasteiger partial charge in [0.1, 0.15) is 5.75 Å². The molecule has 16 heavy (non-hydrogen) atoms. The lowest BCUT2D eigenvalue weighted by atomic mass is 10.1. The van der Waals surface area contributed by atoms with E-state index in [0.29, 0.717) is 6.54 Å². The van der Waals surface area contributed by atoms with Crippen LogP contribution in [0.3, 0.4) is 0 Å². The van der Waals surface area contributed by atoms with E-state index >= 15 is 0 Å². The number of nitrogens with one attached hydrogen (secondary N) is 1. The molecule has 5 nitrogen and oxygen atoms in total. The third-order valence-corrected chi connectivity index (χ3v) is 2.15. The van der Waals surface area contributed by atoms with Crippen molar-refractivity contribution in [2.24, 2.45) is 16.6 Å². The van der Waals surface area contributed by atoms with Gasteiger partial charge in [-0.05, 0) is 25.0 Å². The SMILES string of the molecule is COc1ccc(C)cc1CCNN=C(N)N. The fourth-order valence-corrected chi connectivity index (χ4v) is 1.44. The average molecular weight is 222 g/mol. The number of ether oxygens (including phenoxy) is 1. The maximum Gasteiger partial charge on any atom is 0.208 e. The van der Waals surface area contributed by atoms with Crippen molar-refractivity contribution in [3.8, 4) is 5.75 Å². The van der Waals surface area contributed by atoms with Gasteiger partial charge in [0.25, 0.3) is 0 Å². The highest BCUT2D eigenvalue weighted by molar-refractivity contribution is 5.75. The molecule has 1 aromatic carbocycles. The lowest BCUT2D eigenvalue weighted by Crippen LogP contribution is -2.27. The van der Waals surface area contributed by atoms with Crippen LogP contribution in [0.5, 0.6) is 5.75 Å². The number of hydrogen-bond donors (Lipinski definition) is 3. The monoisotopic (exact) mass is 222 g/mol. The summed E-state index contributed by atoms with van der Waals surface area (Å²) in [6, 6.07) is 6.08. The predicted octanol–water partition coefficient (Wildman–Crippen LogP) is 0.324. The van der Waals surface area contributed by atoms with Crippen molar-refractivity contribution in [1.82, 2.24) is 5.43 Å². The first-order valence-corrected chi connectivity index (χ1v) is 5.08. The van der Waals surface area contributed by atoms with Gasteiger partial charge in [-0.3, -0.25) is 0 Å². The molecule has 0 aromatic heterocycles. The molecule has 0 bridgehead atoms. The molecule has 0 unspecified atom stereocenters. The summed E-state index contributed by atoms with van der Waals surface area (Å²) in [5.74, 6) is 0.924. The molecule has 0 saturated carbocycles. The Morgan fingerprint density at radius 3 is 2.81 bits per heavy atom. The van der Waals surface area contributed by atoms with E-state index in [1.54, 1.807) is 7.11 Å². The molecule has 0 atom stereocenters. The zero-order valence-corrected chi connectivity index (χ0v) is 9.66. The fraction of sp³-hybridized carbons (Fsp3) is 0.364. The average Bonchev–Trinajstić information content (AvgIpc) is 2.24. The zero-order chi connectivity index (χ0) is 12.0. The van der Waals surface area contributed by atoms with Gasteiger partial charge in [-0.15, -0.1) is 5.10 Å². The maximum atomic E-state index is 5.27. The Bertz CT molecular complexity index is 372. The Kier molecular flexibility index (Phi) is 4.44. The number of benzene rings is 1. The van der Waals surface area contributed by atoms with Gasteiger partial charge in [-0.1, -0.05) is 17.7 Å². The van der Waals surface area contributed by atoms with E-state index in [4.69, 9.17) is 16.2 Å². The van der Waals surface area contributed by atoms with Gasteiger partial charge in [-0.25, -0.2) is 0 Å². The van der Waals surface area contributed by atoms with E-state index in [1.807, 2.05) is 19.1 Å². The van der Waals surface area contributed by atoms with Crippen LogP contribution in [-0.4, -0.2) is 19.6 Å². The number of hydrogen-bond acceptors (Lipinski definition) is 3. The van der Waals surface area contributed by atoms with Gasteiger partial charge < -0.3 is 21.6 Å². The molecule has 5 heteroatoms. The molecule has 0 radical (unpaired) electrons. The Hall–Kier alpha value is -1.91. The van der Waals surface area contributed by atoms with Crippen molar-refractivity contribution in [2.75, 3.05) is 13.7 Å². The number of nitrogens with zero attached hydrogens (tertiary/aromatic N) is 1. The van der Waals surface area contributed by atoms with Gasteiger partial charge in [0, 0.05) is 6.54 Å².